The number of carbonyl (C=O) groups excluding carboxylic acids is 1. The van der Waals surface area contributed by atoms with Crippen molar-refractivity contribution in [2.45, 2.75) is 12.3 Å². The van der Waals surface area contributed by atoms with Gasteiger partial charge in [0.25, 0.3) is 5.91 Å². The molecule has 21 heavy (non-hydrogen) atoms. The quantitative estimate of drug-likeness (QED) is 0.850. The molecule has 0 spiro atoms. The summed E-state index contributed by atoms with van der Waals surface area (Å²) in [5.74, 6) is 0.463. The van der Waals surface area contributed by atoms with E-state index in [-0.39, 0.29) is 17.1 Å². The molecule has 1 amide bonds. The first-order chi connectivity index (χ1) is 9.86. The maximum absolute atomic E-state index is 12.6. The van der Waals surface area contributed by atoms with Crippen molar-refractivity contribution in [2.75, 3.05) is 23.8 Å². The zero-order chi connectivity index (χ0) is 15.6. The van der Waals surface area contributed by atoms with Crippen LogP contribution in [0.2, 0.25) is 0 Å². The van der Waals surface area contributed by atoms with Crippen LogP contribution in [0.5, 0.6) is 5.75 Å². The number of thioether (sulfide) groups is 1. The van der Waals surface area contributed by atoms with E-state index in [0.717, 1.165) is 0 Å². The maximum atomic E-state index is 12.6. The molecule has 0 saturated carbocycles. The van der Waals surface area contributed by atoms with Crippen molar-refractivity contribution in [3.8, 4) is 5.75 Å². The van der Waals surface area contributed by atoms with Gasteiger partial charge in [0.2, 0.25) is 0 Å². The van der Waals surface area contributed by atoms with Gasteiger partial charge in [-0.05, 0) is 18.2 Å². The number of rotatable bonds is 3. The van der Waals surface area contributed by atoms with Crippen LogP contribution in [0.4, 0.5) is 0 Å². The molecule has 1 saturated heterocycles. The Labute approximate surface area is 136 Å². The molecule has 1 aromatic rings. The van der Waals surface area contributed by atoms with Crippen LogP contribution in [0, 0.1) is 0 Å². The number of phenolic OH excluding ortho intramolecular Hbond substituents is 1. The molecule has 0 bridgehead atoms. The topological polar surface area (TPSA) is 74.7 Å². The second-order valence-corrected chi connectivity index (χ2v) is 9.15. The van der Waals surface area contributed by atoms with Gasteiger partial charge in [0, 0.05) is 28.3 Å². The first-order valence-corrected chi connectivity index (χ1v) is 10.1. The first-order valence-electron chi connectivity index (χ1n) is 6.45. The van der Waals surface area contributed by atoms with Crippen molar-refractivity contribution in [2.24, 2.45) is 0 Å². The molecule has 1 aliphatic rings. The Kier molecular flexibility index (Phi) is 5.21. The summed E-state index contributed by atoms with van der Waals surface area (Å²) >= 11 is 4.78. The number of benzene rings is 1. The third-order valence-electron chi connectivity index (χ3n) is 3.35. The summed E-state index contributed by atoms with van der Waals surface area (Å²) in [6, 6.07) is 4.55. The van der Waals surface area contributed by atoms with Crippen LogP contribution in [0.25, 0.3) is 0 Å². The van der Waals surface area contributed by atoms with Crippen molar-refractivity contribution in [3.05, 3.63) is 28.2 Å². The molecule has 1 fully saturated rings. The summed E-state index contributed by atoms with van der Waals surface area (Å²) < 4.78 is 25.0. The molecule has 1 unspecified atom stereocenters. The van der Waals surface area contributed by atoms with Gasteiger partial charge in [-0.2, -0.15) is 11.8 Å². The molecule has 1 aliphatic heterocycles. The van der Waals surface area contributed by atoms with Gasteiger partial charge in [-0.3, -0.25) is 4.79 Å². The highest BCUT2D eigenvalue weighted by atomic mass is 79.9. The predicted molar refractivity (Wildman–Crippen MR) is 87.4 cm³/mol. The minimum atomic E-state index is -3.36. The van der Waals surface area contributed by atoms with Crippen LogP contribution in [0.3, 0.4) is 0 Å². The molecule has 8 heteroatoms. The van der Waals surface area contributed by atoms with Crippen molar-refractivity contribution < 1.29 is 18.3 Å². The number of phenols is 1. The summed E-state index contributed by atoms with van der Waals surface area (Å²) in [7, 11) is -3.36. The smallest absolute Gasteiger partial charge is 0.258 e. The lowest BCUT2D eigenvalue weighted by Gasteiger charge is -2.34. The van der Waals surface area contributed by atoms with Crippen LogP contribution in [-0.2, 0) is 9.84 Å². The predicted octanol–water partition coefficient (Wildman–Crippen LogP) is 2.10. The molecule has 1 aromatic carbocycles. The molecule has 0 aliphatic carbocycles. The molecule has 1 heterocycles. The van der Waals surface area contributed by atoms with E-state index in [0.29, 0.717) is 22.5 Å². The Hall–Kier alpha value is -0.730. The van der Waals surface area contributed by atoms with E-state index in [1.54, 1.807) is 13.0 Å². The minimum Gasteiger partial charge on any atom is -0.507 e. The van der Waals surface area contributed by atoms with E-state index in [2.05, 4.69) is 15.9 Å². The van der Waals surface area contributed by atoms with E-state index in [1.807, 2.05) is 0 Å². The standard InChI is InChI=1S/C13H16BrNO4S2/c1-2-21(18,19)12-8-20-6-5-15(12)13(17)10-7-9(14)3-4-11(10)16/h3-4,7,12,16H,2,5-6,8H2,1H3. The van der Waals surface area contributed by atoms with Crippen molar-refractivity contribution in [3.63, 3.8) is 0 Å². The number of hydrogen-bond acceptors (Lipinski definition) is 5. The fourth-order valence-corrected chi connectivity index (χ4v) is 5.46. The SMILES string of the molecule is CCS(=O)(=O)C1CSCCN1C(=O)c1cc(Br)ccc1O. The molecule has 1 atom stereocenters. The highest BCUT2D eigenvalue weighted by molar-refractivity contribution is 9.10. The zero-order valence-electron chi connectivity index (χ0n) is 11.5. The lowest BCUT2D eigenvalue weighted by Crippen LogP contribution is -2.50. The monoisotopic (exact) mass is 393 g/mol. The van der Waals surface area contributed by atoms with Crippen molar-refractivity contribution >= 4 is 43.4 Å². The third-order valence-corrected chi connectivity index (χ3v) is 7.13. The molecule has 1 N–H and O–H groups in total. The van der Waals surface area contributed by atoms with Gasteiger partial charge < -0.3 is 10.0 Å². The van der Waals surface area contributed by atoms with Crippen LogP contribution in [0.1, 0.15) is 17.3 Å². The number of halogens is 1. The number of hydrogen-bond donors (Lipinski definition) is 1. The Balaban J connectivity index is 2.37. The molecular formula is C13H16BrNO4S2. The fourth-order valence-electron chi connectivity index (χ4n) is 2.14. The average Bonchev–Trinajstić information content (AvgIpc) is 2.49. The second kappa shape index (κ2) is 6.58. The van der Waals surface area contributed by atoms with Crippen molar-refractivity contribution in [1.82, 2.24) is 4.90 Å². The minimum absolute atomic E-state index is 0.00747. The number of sulfone groups is 1. The first kappa shape index (κ1) is 16.6. The zero-order valence-corrected chi connectivity index (χ0v) is 14.7. The van der Waals surface area contributed by atoms with Crippen LogP contribution in [-0.4, -0.2) is 53.5 Å². The number of amides is 1. The second-order valence-electron chi connectivity index (χ2n) is 4.64. The van der Waals surface area contributed by atoms with Gasteiger partial charge in [0.15, 0.2) is 9.84 Å². The molecule has 0 aromatic heterocycles. The number of carbonyl (C=O) groups is 1. The molecule has 0 radical (unpaired) electrons. The molecular weight excluding hydrogens is 378 g/mol. The van der Waals surface area contributed by atoms with E-state index in [1.165, 1.54) is 28.8 Å². The van der Waals surface area contributed by atoms with Gasteiger partial charge >= 0.3 is 0 Å². The summed E-state index contributed by atoms with van der Waals surface area (Å²) in [6.45, 7) is 1.94. The number of aromatic hydroxyl groups is 1. The van der Waals surface area contributed by atoms with Gasteiger partial charge in [-0.1, -0.05) is 22.9 Å². The van der Waals surface area contributed by atoms with E-state index < -0.39 is 21.1 Å². The van der Waals surface area contributed by atoms with Gasteiger partial charge in [-0.15, -0.1) is 0 Å². The average molecular weight is 394 g/mol. The Morgan fingerprint density at radius 3 is 2.90 bits per heavy atom. The van der Waals surface area contributed by atoms with Gasteiger partial charge in [0.05, 0.1) is 5.56 Å². The van der Waals surface area contributed by atoms with Gasteiger partial charge in [0.1, 0.15) is 11.1 Å². The van der Waals surface area contributed by atoms with Gasteiger partial charge in [-0.25, -0.2) is 8.42 Å². The van der Waals surface area contributed by atoms with E-state index in [9.17, 15) is 18.3 Å². The van der Waals surface area contributed by atoms with E-state index in [4.69, 9.17) is 0 Å². The number of nitrogens with zero attached hydrogens (tertiary/aromatic N) is 1. The summed E-state index contributed by atoms with van der Waals surface area (Å²) in [4.78, 5) is 14.0. The molecule has 5 nitrogen and oxygen atoms in total. The highest BCUT2D eigenvalue weighted by Crippen LogP contribution is 2.28. The van der Waals surface area contributed by atoms with Crippen LogP contribution < -0.4 is 0 Å². The summed E-state index contributed by atoms with van der Waals surface area (Å²) in [5, 5.41) is 9.03. The largest absolute Gasteiger partial charge is 0.507 e. The van der Waals surface area contributed by atoms with Crippen molar-refractivity contribution in [1.29, 1.82) is 0 Å². The lowest BCUT2D eigenvalue weighted by atomic mass is 10.1. The van der Waals surface area contributed by atoms with E-state index >= 15 is 0 Å². The Morgan fingerprint density at radius 2 is 2.24 bits per heavy atom. The Bertz CT molecular complexity index is 648. The Morgan fingerprint density at radius 1 is 1.52 bits per heavy atom. The third kappa shape index (κ3) is 3.54. The van der Waals surface area contributed by atoms with Crippen LogP contribution in [0.15, 0.2) is 22.7 Å². The normalized spacial score (nSPS) is 19.5. The highest BCUT2D eigenvalue weighted by Gasteiger charge is 2.36. The maximum Gasteiger partial charge on any atom is 0.258 e. The molecule has 2 rings (SSSR count). The summed E-state index contributed by atoms with van der Waals surface area (Å²) in [5.41, 5.74) is 0.118. The van der Waals surface area contributed by atoms with Crippen LogP contribution >= 0.6 is 27.7 Å². The summed E-state index contributed by atoms with van der Waals surface area (Å²) in [6.07, 6.45) is 0. The fraction of sp³-hybridized carbons (Fsp3) is 0.462. The lowest BCUT2D eigenvalue weighted by molar-refractivity contribution is 0.0746. The molecule has 116 valence electrons.